The van der Waals surface area contributed by atoms with Gasteiger partial charge in [0.15, 0.2) is 0 Å². The largest absolute Gasteiger partial charge is 0.350 e. The molecule has 2 heterocycles. The Morgan fingerprint density at radius 2 is 2.00 bits per heavy atom. The Labute approximate surface area is 128 Å². The van der Waals surface area contributed by atoms with Crippen LogP contribution in [0.3, 0.4) is 0 Å². The van der Waals surface area contributed by atoms with E-state index in [1.165, 1.54) is 0 Å². The summed E-state index contributed by atoms with van der Waals surface area (Å²) < 4.78 is 2.01. The third-order valence-corrected chi connectivity index (χ3v) is 3.10. The number of halogens is 1. The van der Waals surface area contributed by atoms with Crippen molar-refractivity contribution in [1.82, 2.24) is 9.55 Å². The van der Waals surface area contributed by atoms with E-state index in [9.17, 15) is 4.79 Å². The average Bonchev–Trinajstić information content (AvgIpc) is 2.83. The second-order valence-electron chi connectivity index (χ2n) is 4.49. The molecule has 0 saturated heterocycles. The average molecular weight is 303 g/mol. The highest BCUT2D eigenvalue weighted by atomic mass is 35.5. The second kappa shape index (κ2) is 6.28. The number of anilines is 2. The van der Waals surface area contributed by atoms with Gasteiger partial charge in [0.2, 0.25) is 0 Å². The molecule has 108 valence electrons. The number of nitrogens with zero attached hydrogens (tertiary/aromatic N) is 2. The molecule has 3 aromatic rings. The molecule has 2 N–H and O–H groups in total. The monoisotopic (exact) mass is 302 g/mol. The predicted octanol–water partition coefficient (Wildman–Crippen LogP) is 3.64. The first kappa shape index (κ1) is 14.9. The van der Waals surface area contributed by atoms with Crippen molar-refractivity contribution in [3.63, 3.8) is 0 Å². The van der Waals surface area contributed by atoms with Crippen molar-refractivity contribution in [2.75, 3.05) is 10.6 Å². The molecule has 0 atom stereocenters. The van der Waals surface area contributed by atoms with Crippen LogP contribution in [0.5, 0.6) is 0 Å². The lowest BCUT2D eigenvalue weighted by molar-refractivity contribution is 0.262. The van der Waals surface area contributed by atoms with Gasteiger partial charge in [-0.25, -0.2) is 4.79 Å². The van der Waals surface area contributed by atoms with Gasteiger partial charge < -0.3 is 15.2 Å². The molecule has 0 bridgehead atoms. The second-order valence-corrected chi connectivity index (χ2v) is 4.49. The number of benzene rings is 1. The van der Waals surface area contributed by atoms with E-state index in [1.54, 1.807) is 24.5 Å². The molecule has 0 radical (unpaired) electrons. The van der Waals surface area contributed by atoms with Crippen molar-refractivity contribution >= 4 is 40.7 Å². The molecule has 21 heavy (non-hydrogen) atoms. The fourth-order valence-electron chi connectivity index (χ4n) is 2.13. The van der Waals surface area contributed by atoms with Crippen molar-refractivity contribution in [1.29, 1.82) is 0 Å². The van der Waals surface area contributed by atoms with Gasteiger partial charge in [0.25, 0.3) is 0 Å². The van der Waals surface area contributed by atoms with E-state index in [-0.39, 0.29) is 18.4 Å². The van der Waals surface area contributed by atoms with E-state index >= 15 is 0 Å². The molecule has 0 aliphatic rings. The molecule has 1 aromatic carbocycles. The summed E-state index contributed by atoms with van der Waals surface area (Å²) in [6.45, 7) is 0. The molecule has 0 fully saturated rings. The molecule has 3 rings (SSSR count). The minimum Gasteiger partial charge on any atom is -0.350 e. The van der Waals surface area contributed by atoms with E-state index in [2.05, 4.69) is 15.6 Å². The minimum absolute atomic E-state index is 0. The van der Waals surface area contributed by atoms with Gasteiger partial charge in [0.1, 0.15) is 0 Å². The number of aryl methyl sites for hydroxylation is 1. The fourth-order valence-corrected chi connectivity index (χ4v) is 2.13. The van der Waals surface area contributed by atoms with Gasteiger partial charge in [-0.05, 0) is 30.3 Å². The third kappa shape index (κ3) is 3.14. The van der Waals surface area contributed by atoms with E-state index in [0.717, 1.165) is 16.6 Å². The molecule has 0 saturated carbocycles. The van der Waals surface area contributed by atoms with Gasteiger partial charge in [-0.2, -0.15) is 0 Å². The number of hydrogen-bond acceptors (Lipinski definition) is 2. The number of amides is 2. The summed E-state index contributed by atoms with van der Waals surface area (Å²) in [4.78, 5) is 15.9. The number of nitrogens with one attached hydrogen (secondary N) is 2. The number of hydrogen-bond donors (Lipinski definition) is 2. The molecule has 6 heteroatoms. The topological polar surface area (TPSA) is 59.0 Å². The lowest BCUT2D eigenvalue weighted by Gasteiger charge is -2.08. The van der Waals surface area contributed by atoms with E-state index in [4.69, 9.17) is 0 Å². The first-order valence-corrected chi connectivity index (χ1v) is 6.26. The van der Waals surface area contributed by atoms with Gasteiger partial charge in [0, 0.05) is 30.3 Å². The van der Waals surface area contributed by atoms with Gasteiger partial charge in [-0.3, -0.25) is 4.98 Å². The van der Waals surface area contributed by atoms with Crippen LogP contribution in [0.15, 0.2) is 55.0 Å². The zero-order chi connectivity index (χ0) is 13.9. The Morgan fingerprint density at radius 1 is 1.14 bits per heavy atom. The van der Waals surface area contributed by atoms with Crippen molar-refractivity contribution in [3.8, 4) is 0 Å². The maximum absolute atomic E-state index is 12.0. The summed E-state index contributed by atoms with van der Waals surface area (Å²) in [5, 5.41) is 6.61. The smallest absolute Gasteiger partial charge is 0.323 e. The standard InChI is InChI=1S/C15H14N4O.ClH/c1-19-9-7-12-13(5-2-6-14(12)19)18-15(20)17-11-4-3-8-16-10-11;/h2-10H,1H3,(H2,17,18,20);1H. The van der Waals surface area contributed by atoms with Crippen LogP contribution in [0.2, 0.25) is 0 Å². The zero-order valence-electron chi connectivity index (χ0n) is 11.4. The van der Waals surface area contributed by atoms with Crippen LogP contribution in [0.1, 0.15) is 0 Å². The summed E-state index contributed by atoms with van der Waals surface area (Å²) in [6, 6.07) is 11.1. The Bertz CT molecular complexity index is 755. The Morgan fingerprint density at radius 3 is 2.76 bits per heavy atom. The SMILES string of the molecule is Cl.Cn1ccc2c(NC(=O)Nc3cccnc3)cccc21. The van der Waals surface area contributed by atoms with Crippen molar-refractivity contribution in [3.05, 3.63) is 55.0 Å². The number of pyridine rings is 1. The van der Waals surface area contributed by atoms with Crippen LogP contribution in [-0.2, 0) is 7.05 Å². The van der Waals surface area contributed by atoms with Gasteiger partial charge in [-0.15, -0.1) is 12.4 Å². The summed E-state index contributed by atoms with van der Waals surface area (Å²) >= 11 is 0. The number of fused-ring (bicyclic) bond motifs is 1. The Hall–Kier alpha value is -2.53. The van der Waals surface area contributed by atoms with Crippen molar-refractivity contribution in [2.24, 2.45) is 7.05 Å². The lowest BCUT2D eigenvalue weighted by atomic mass is 10.2. The van der Waals surface area contributed by atoms with E-state index in [0.29, 0.717) is 5.69 Å². The molecule has 0 aliphatic heterocycles. The van der Waals surface area contributed by atoms with Gasteiger partial charge in [-0.1, -0.05) is 6.07 Å². The number of urea groups is 1. The van der Waals surface area contributed by atoms with Crippen LogP contribution in [-0.4, -0.2) is 15.6 Å². The number of rotatable bonds is 2. The molecule has 2 aromatic heterocycles. The quantitative estimate of drug-likeness (QED) is 0.759. The summed E-state index contributed by atoms with van der Waals surface area (Å²) in [5.74, 6) is 0. The van der Waals surface area contributed by atoms with Crippen LogP contribution in [0, 0.1) is 0 Å². The Kier molecular flexibility index (Phi) is 4.45. The summed E-state index contributed by atoms with van der Waals surface area (Å²) in [6.07, 6.45) is 5.23. The van der Waals surface area contributed by atoms with Crippen molar-refractivity contribution in [2.45, 2.75) is 0 Å². The van der Waals surface area contributed by atoms with E-state index < -0.39 is 0 Å². The number of aromatic nitrogens is 2. The fraction of sp³-hybridized carbons (Fsp3) is 0.0667. The maximum atomic E-state index is 12.0. The van der Waals surface area contributed by atoms with Crippen LogP contribution < -0.4 is 10.6 Å². The molecule has 2 amide bonds. The third-order valence-electron chi connectivity index (χ3n) is 3.10. The predicted molar refractivity (Wildman–Crippen MR) is 87.0 cm³/mol. The molecular weight excluding hydrogens is 288 g/mol. The first-order chi connectivity index (χ1) is 9.74. The highest BCUT2D eigenvalue weighted by molar-refractivity contribution is 6.05. The molecule has 0 aliphatic carbocycles. The van der Waals surface area contributed by atoms with Gasteiger partial charge in [0.05, 0.1) is 17.6 Å². The molecular formula is C15H15ClN4O. The zero-order valence-corrected chi connectivity index (χ0v) is 12.2. The van der Waals surface area contributed by atoms with Crippen LogP contribution in [0.4, 0.5) is 16.2 Å². The lowest BCUT2D eigenvalue weighted by Crippen LogP contribution is -2.19. The number of carbonyl (C=O) groups is 1. The first-order valence-electron chi connectivity index (χ1n) is 6.26. The van der Waals surface area contributed by atoms with E-state index in [1.807, 2.05) is 42.1 Å². The van der Waals surface area contributed by atoms with Gasteiger partial charge >= 0.3 is 6.03 Å². The minimum atomic E-state index is -0.283. The number of carbonyl (C=O) groups excluding carboxylic acids is 1. The van der Waals surface area contributed by atoms with Crippen molar-refractivity contribution < 1.29 is 4.79 Å². The van der Waals surface area contributed by atoms with Crippen LogP contribution in [0.25, 0.3) is 10.9 Å². The highest BCUT2D eigenvalue weighted by Crippen LogP contribution is 2.23. The summed E-state index contributed by atoms with van der Waals surface area (Å²) in [7, 11) is 1.97. The van der Waals surface area contributed by atoms with Crippen LogP contribution >= 0.6 is 12.4 Å². The normalized spacial score (nSPS) is 9.95. The molecule has 0 spiro atoms. The molecule has 0 unspecified atom stereocenters. The Balaban J connectivity index is 0.00000161. The summed E-state index contributed by atoms with van der Waals surface area (Å²) in [5.41, 5.74) is 2.51. The highest BCUT2D eigenvalue weighted by Gasteiger charge is 2.07. The molecule has 5 nitrogen and oxygen atoms in total. The maximum Gasteiger partial charge on any atom is 0.323 e.